The monoisotopic (exact) mass is 288 g/mol. The molecule has 0 N–H and O–H groups in total. The van der Waals surface area contributed by atoms with Crippen LogP contribution in [-0.2, 0) is 0 Å². The van der Waals surface area contributed by atoms with E-state index in [9.17, 15) is 4.79 Å². The third-order valence-corrected chi connectivity index (χ3v) is 5.02. The summed E-state index contributed by atoms with van der Waals surface area (Å²) >= 11 is 1.52. The van der Waals surface area contributed by atoms with E-state index in [0.717, 1.165) is 29.2 Å². The Kier molecular flexibility index (Phi) is 2.66. The van der Waals surface area contributed by atoms with E-state index in [1.165, 1.54) is 24.2 Å². The topological polar surface area (TPSA) is 51.0 Å². The van der Waals surface area contributed by atoms with Crippen molar-refractivity contribution in [2.45, 2.75) is 31.7 Å². The maximum Gasteiger partial charge on any atom is 0.264 e. The summed E-state index contributed by atoms with van der Waals surface area (Å²) in [6.45, 7) is 3.49. The first-order valence-corrected chi connectivity index (χ1v) is 7.85. The number of aromatic nitrogens is 3. The summed E-state index contributed by atoms with van der Waals surface area (Å²) < 4.78 is 1.93. The molecule has 0 radical (unpaired) electrons. The molecule has 6 heteroatoms. The second-order valence-electron chi connectivity index (χ2n) is 5.75. The molecule has 3 heterocycles. The minimum Gasteiger partial charge on any atom is -0.334 e. The van der Waals surface area contributed by atoms with Gasteiger partial charge in [0.15, 0.2) is 0 Å². The van der Waals surface area contributed by atoms with Gasteiger partial charge in [0.05, 0.1) is 16.6 Å². The lowest BCUT2D eigenvalue weighted by molar-refractivity contribution is 0.0503. The van der Waals surface area contributed by atoms with Crippen molar-refractivity contribution in [3.05, 3.63) is 33.8 Å². The van der Waals surface area contributed by atoms with E-state index in [2.05, 4.69) is 16.5 Å². The van der Waals surface area contributed by atoms with E-state index >= 15 is 0 Å². The molecule has 0 aromatic carbocycles. The number of likely N-dealkylation sites (tertiary alicyclic amines) is 1. The molecule has 1 amide bonds. The quantitative estimate of drug-likeness (QED) is 0.870. The Balaban J connectivity index is 1.39. The van der Waals surface area contributed by atoms with Gasteiger partial charge in [-0.2, -0.15) is 0 Å². The van der Waals surface area contributed by atoms with Crippen LogP contribution in [0.25, 0.3) is 0 Å². The molecular weight excluding hydrogens is 272 g/mol. The van der Waals surface area contributed by atoms with Gasteiger partial charge in [-0.05, 0) is 36.8 Å². The summed E-state index contributed by atoms with van der Waals surface area (Å²) in [5.74, 6) is 0.775. The Morgan fingerprint density at radius 2 is 2.20 bits per heavy atom. The number of carbonyl (C=O) groups excluding carboxylic acids is 1. The molecule has 0 atom stereocenters. The van der Waals surface area contributed by atoms with Crippen molar-refractivity contribution < 1.29 is 4.79 Å². The highest BCUT2D eigenvalue weighted by Crippen LogP contribution is 2.39. The van der Waals surface area contributed by atoms with Crippen molar-refractivity contribution in [2.24, 2.45) is 0 Å². The number of hydrogen-bond donors (Lipinski definition) is 0. The molecule has 2 fully saturated rings. The summed E-state index contributed by atoms with van der Waals surface area (Å²) in [5, 5.41) is 10.4. The van der Waals surface area contributed by atoms with Gasteiger partial charge in [0.25, 0.3) is 5.91 Å². The molecule has 5 nitrogen and oxygen atoms in total. The maximum absolute atomic E-state index is 12.2. The molecule has 2 aliphatic rings. The largest absolute Gasteiger partial charge is 0.334 e. The van der Waals surface area contributed by atoms with E-state index in [1.54, 1.807) is 0 Å². The minimum atomic E-state index is 0.141. The Morgan fingerprint density at radius 1 is 1.40 bits per heavy atom. The highest BCUT2D eigenvalue weighted by Gasteiger charge is 2.35. The number of aryl methyl sites for hydroxylation is 1. The molecule has 0 spiro atoms. The summed E-state index contributed by atoms with van der Waals surface area (Å²) in [6, 6.07) is 2.25. The summed E-state index contributed by atoms with van der Waals surface area (Å²) in [7, 11) is 0. The molecule has 4 rings (SSSR count). The van der Waals surface area contributed by atoms with Gasteiger partial charge in [-0.25, -0.2) is 4.68 Å². The van der Waals surface area contributed by atoms with Crippen LogP contribution in [0.15, 0.2) is 17.6 Å². The number of rotatable bonds is 3. The minimum absolute atomic E-state index is 0.141. The maximum atomic E-state index is 12.2. The second-order valence-corrected chi connectivity index (χ2v) is 6.66. The van der Waals surface area contributed by atoms with Gasteiger partial charge in [0.2, 0.25) is 0 Å². The smallest absolute Gasteiger partial charge is 0.264 e. The zero-order chi connectivity index (χ0) is 13.7. The van der Waals surface area contributed by atoms with E-state index in [4.69, 9.17) is 0 Å². The summed E-state index contributed by atoms with van der Waals surface area (Å²) in [4.78, 5) is 14.9. The third-order valence-electron chi connectivity index (χ3n) is 3.99. The van der Waals surface area contributed by atoms with Crippen LogP contribution in [0, 0.1) is 6.92 Å². The fourth-order valence-electron chi connectivity index (χ4n) is 2.52. The molecule has 1 saturated carbocycles. The van der Waals surface area contributed by atoms with Crippen molar-refractivity contribution in [3.63, 3.8) is 0 Å². The van der Waals surface area contributed by atoms with Crippen LogP contribution in [0.5, 0.6) is 0 Å². The van der Waals surface area contributed by atoms with Gasteiger partial charge in [-0.15, -0.1) is 16.4 Å². The van der Waals surface area contributed by atoms with Crippen LogP contribution in [-0.4, -0.2) is 38.9 Å². The lowest BCUT2D eigenvalue weighted by Gasteiger charge is -2.38. The Morgan fingerprint density at radius 3 is 2.85 bits per heavy atom. The summed E-state index contributed by atoms with van der Waals surface area (Å²) in [5.41, 5.74) is 2.27. The van der Waals surface area contributed by atoms with Crippen molar-refractivity contribution in [3.8, 4) is 0 Å². The number of hydrogen-bond acceptors (Lipinski definition) is 4. The number of carbonyl (C=O) groups is 1. The molecule has 1 saturated heterocycles. The standard InChI is InChI=1S/C14H16N4OS/c1-9-4-13(20-8-9)14(19)17-5-11(6-17)18-7-12(15-16-18)10-2-3-10/h4,7-8,10-11H,2-3,5-6H2,1H3. The molecule has 0 unspecified atom stereocenters. The highest BCUT2D eigenvalue weighted by molar-refractivity contribution is 7.12. The average molecular weight is 288 g/mol. The summed E-state index contributed by atoms with van der Waals surface area (Å²) in [6.07, 6.45) is 4.54. The van der Waals surface area contributed by atoms with Crippen LogP contribution in [0.1, 0.15) is 45.7 Å². The molecule has 0 bridgehead atoms. The van der Waals surface area contributed by atoms with E-state index in [-0.39, 0.29) is 5.91 Å². The van der Waals surface area contributed by atoms with Crippen LogP contribution in [0.2, 0.25) is 0 Å². The SMILES string of the molecule is Cc1csc(C(=O)N2CC(n3cc(C4CC4)nn3)C2)c1. The first-order chi connectivity index (χ1) is 9.70. The van der Waals surface area contributed by atoms with Gasteiger partial charge in [-0.1, -0.05) is 5.21 Å². The van der Waals surface area contributed by atoms with Crippen molar-refractivity contribution >= 4 is 17.2 Å². The van der Waals surface area contributed by atoms with E-state index in [1.807, 2.05) is 28.0 Å². The average Bonchev–Trinajstić information content (AvgIpc) is 2.96. The lowest BCUT2D eigenvalue weighted by atomic mass is 10.1. The highest BCUT2D eigenvalue weighted by atomic mass is 32.1. The molecule has 104 valence electrons. The number of nitrogens with zero attached hydrogens (tertiary/aromatic N) is 4. The first kappa shape index (κ1) is 12.1. The molecule has 1 aliphatic carbocycles. The fraction of sp³-hybridized carbons (Fsp3) is 0.500. The van der Waals surface area contributed by atoms with Gasteiger partial charge < -0.3 is 4.90 Å². The second kappa shape index (κ2) is 4.41. The number of amides is 1. The van der Waals surface area contributed by atoms with Crippen molar-refractivity contribution in [2.75, 3.05) is 13.1 Å². The Hall–Kier alpha value is -1.69. The predicted molar refractivity (Wildman–Crippen MR) is 76.0 cm³/mol. The lowest BCUT2D eigenvalue weighted by Crippen LogP contribution is -2.50. The molecule has 20 heavy (non-hydrogen) atoms. The Labute approximate surface area is 121 Å². The van der Waals surface area contributed by atoms with Crippen LogP contribution in [0.4, 0.5) is 0 Å². The van der Waals surface area contributed by atoms with Crippen molar-refractivity contribution in [1.82, 2.24) is 19.9 Å². The molecule has 2 aromatic rings. The first-order valence-electron chi connectivity index (χ1n) is 6.97. The number of thiophene rings is 1. The zero-order valence-corrected chi connectivity index (χ0v) is 12.1. The van der Waals surface area contributed by atoms with Crippen LogP contribution < -0.4 is 0 Å². The normalized spacial score (nSPS) is 19.1. The van der Waals surface area contributed by atoms with Gasteiger partial charge in [-0.3, -0.25) is 4.79 Å². The zero-order valence-electron chi connectivity index (χ0n) is 11.3. The van der Waals surface area contributed by atoms with Gasteiger partial charge >= 0.3 is 0 Å². The molecular formula is C14H16N4OS. The van der Waals surface area contributed by atoms with Gasteiger partial charge in [0.1, 0.15) is 0 Å². The Bertz CT molecular complexity index is 652. The van der Waals surface area contributed by atoms with Gasteiger partial charge in [0, 0.05) is 25.2 Å². The predicted octanol–water partition coefficient (Wildman–Crippen LogP) is 2.22. The van der Waals surface area contributed by atoms with E-state index < -0.39 is 0 Å². The fourth-order valence-corrected chi connectivity index (χ4v) is 3.39. The van der Waals surface area contributed by atoms with Crippen LogP contribution >= 0.6 is 11.3 Å². The van der Waals surface area contributed by atoms with E-state index in [0.29, 0.717) is 12.0 Å². The third kappa shape index (κ3) is 2.04. The van der Waals surface area contributed by atoms with Crippen molar-refractivity contribution in [1.29, 1.82) is 0 Å². The molecule has 1 aliphatic heterocycles. The van der Waals surface area contributed by atoms with Crippen LogP contribution in [0.3, 0.4) is 0 Å². The molecule has 2 aromatic heterocycles.